The Morgan fingerprint density at radius 2 is 1.68 bits per heavy atom. The van der Waals surface area contributed by atoms with Gasteiger partial charge in [0.1, 0.15) is 25.2 Å². The highest BCUT2D eigenvalue weighted by Gasteiger charge is 2.13. The molecular formula is C20H23BrO4. The van der Waals surface area contributed by atoms with Crippen molar-refractivity contribution in [1.82, 2.24) is 0 Å². The summed E-state index contributed by atoms with van der Waals surface area (Å²) in [6.45, 7) is 7.30. The summed E-state index contributed by atoms with van der Waals surface area (Å²) in [5.41, 5.74) is 1.91. The standard InChI is InChI=1S/C20H23BrO4/c1-20(2,3)15-5-7-16(8-6-15)24-9-10-25-19-17(21)11-14(13-22)12-18(19)23-4/h5-8,11-13H,9-10H2,1-4H3. The summed E-state index contributed by atoms with van der Waals surface area (Å²) in [5.74, 6) is 1.87. The molecule has 134 valence electrons. The van der Waals surface area contributed by atoms with Crippen molar-refractivity contribution in [2.24, 2.45) is 0 Å². The molecule has 2 aromatic rings. The summed E-state index contributed by atoms with van der Waals surface area (Å²) in [6.07, 6.45) is 0.765. The summed E-state index contributed by atoms with van der Waals surface area (Å²) in [5, 5.41) is 0. The Kier molecular flexibility index (Phi) is 6.48. The van der Waals surface area contributed by atoms with Crippen LogP contribution in [0.1, 0.15) is 36.7 Å². The quantitative estimate of drug-likeness (QED) is 0.477. The number of ether oxygens (including phenoxy) is 3. The Morgan fingerprint density at radius 3 is 2.24 bits per heavy atom. The van der Waals surface area contributed by atoms with Crippen LogP contribution in [0.25, 0.3) is 0 Å². The maximum absolute atomic E-state index is 10.9. The zero-order chi connectivity index (χ0) is 18.4. The van der Waals surface area contributed by atoms with Gasteiger partial charge in [-0.25, -0.2) is 0 Å². The largest absolute Gasteiger partial charge is 0.493 e. The van der Waals surface area contributed by atoms with E-state index < -0.39 is 0 Å². The molecule has 0 aliphatic rings. The van der Waals surface area contributed by atoms with Gasteiger partial charge in [-0.1, -0.05) is 32.9 Å². The van der Waals surface area contributed by atoms with E-state index >= 15 is 0 Å². The minimum absolute atomic E-state index is 0.123. The van der Waals surface area contributed by atoms with E-state index in [4.69, 9.17) is 14.2 Å². The van der Waals surface area contributed by atoms with Crippen molar-refractivity contribution in [1.29, 1.82) is 0 Å². The van der Waals surface area contributed by atoms with Crippen molar-refractivity contribution < 1.29 is 19.0 Å². The minimum Gasteiger partial charge on any atom is -0.493 e. The molecule has 0 bridgehead atoms. The molecule has 0 radical (unpaired) electrons. The van der Waals surface area contributed by atoms with Crippen LogP contribution in [0.3, 0.4) is 0 Å². The van der Waals surface area contributed by atoms with Gasteiger partial charge in [-0.05, 0) is 51.2 Å². The summed E-state index contributed by atoms with van der Waals surface area (Å²) in [7, 11) is 1.54. The molecule has 0 heterocycles. The van der Waals surface area contributed by atoms with Crippen LogP contribution in [0.15, 0.2) is 40.9 Å². The Hall–Kier alpha value is -2.01. The maximum atomic E-state index is 10.9. The lowest BCUT2D eigenvalue weighted by Crippen LogP contribution is -2.12. The predicted molar refractivity (Wildman–Crippen MR) is 102 cm³/mol. The van der Waals surface area contributed by atoms with Crippen molar-refractivity contribution in [3.8, 4) is 17.2 Å². The topological polar surface area (TPSA) is 44.8 Å². The van der Waals surface area contributed by atoms with E-state index in [1.165, 1.54) is 12.7 Å². The van der Waals surface area contributed by atoms with E-state index in [9.17, 15) is 4.79 Å². The van der Waals surface area contributed by atoms with Crippen molar-refractivity contribution >= 4 is 22.2 Å². The SMILES string of the molecule is COc1cc(C=O)cc(Br)c1OCCOc1ccc(C(C)(C)C)cc1. The third-order valence-electron chi connectivity index (χ3n) is 3.71. The summed E-state index contributed by atoms with van der Waals surface area (Å²) in [6, 6.07) is 11.4. The minimum atomic E-state index is 0.123. The molecular weight excluding hydrogens is 384 g/mol. The highest BCUT2D eigenvalue weighted by Crippen LogP contribution is 2.36. The molecule has 0 saturated heterocycles. The molecule has 0 spiro atoms. The number of methoxy groups -OCH3 is 1. The molecule has 0 fully saturated rings. The van der Waals surface area contributed by atoms with Crippen LogP contribution in [0, 0.1) is 0 Å². The van der Waals surface area contributed by atoms with Crippen LogP contribution in [-0.2, 0) is 5.41 Å². The second kappa shape index (κ2) is 8.39. The number of hydrogen-bond donors (Lipinski definition) is 0. The fourth-order valence-electron chi connectivity index (χ4n) is 2.30. The van der Waals surface area contributed by atoms with Gasteiger partial charge in [-0.15, -0.1) is 0 Å². The number of rotatable bonds is 7. The molecule has 5 heteroatoms. The van der Waals surface area contributed by atoms with Gasteiger partial charge >= 0.3 is 0 Å². The molecule has 0 aromatic heterocycles. The van der Waals surface area contributed by atoms with Gasteiger partial charge in [0.05, 0.1) is 11.6 Å². The zero-order valence-electron chi connectivity index (χ0n) is 15.0. The zero-order valence-corrected chi connectivity index (χ0v) is 16.6. The van der Waals surface area contributed by atoms with Gasteiger partial charge in [0, 0.05) is 5.56 Å². The van der Waals surface area contributed by atoms with E-state index in [0.29, 0.717) is 34.7 Å². The van der Waals surface area contributed by atoms with Crippen LogP contribution in [0.2, 0.25) is 0 Å². The monoisotopic (exact) mass is 406 g/mol. The molecule has 0 N–H and O–H groups in total. The van der Waals surface area contributed by atoms with E-state index in [1.807, 2.05) is 12.1 Å². The summed E-state index contributed by atoms with van der Waals surface area (Å²) >= 11 is 3.40. The molecule has 0 unspecified atom stereocenters. The van der Waals surface area contributed by atoms with E-state index in [0.717, 1.165) is 12.0 Å². The average Bonchev–Trinajstić information content (AvgIpc) is 2.58. The summed E-state index contributed by atoms with van der Waals surface area (Å²) in [4.78, 5) is 10.9. The lowest BCUT2D eigenvalue weighted by Gasteiger charge is -2.19. The lowest BCUT2D eigenvalue weighted by atomic mass is 9.87. The average molecular weight is 407 g/mol. The van der Waals surface area contributed by atoms with Crippen LogP contribution in [0.4, 0.5) is 0 Å². The fourth-order valence-corrected chi connectivity index (χ4v) is 2.88. The van der Waals surface area contributed by atoms with Crippen molar-refractivity contribution in [3.63, 3.8) is 0 Å². The second-order valence-corrected chi connectivity index (χ2v) is 7.48. The van der Waals surface area contributed by atoms with Crippen LogP contribution < -0.4 is 14.2 Å². The van der Waals surface area contributed by atoms with E-state index in [-0.39, 0.29) is 5.41 Å². The van der Waals surface area contributed by atoms with Crippen molar-refractivity contribution in [2.45, 2.75) is 26.2 Å². The molecule has 0 aliphatic heterocycles. The maximum Gasteiger partial charge on any atom is 0.175 e. The first-order valence-electron chi connectivity index (χ1n) is 8.04. The molecule has 0 aliphatic carbocycles. The highest BCUT2D eigenvalue weighted by molar-refractivity contribution is 9.10. The molecule has 2 aromatic carbocycles. The van der Waals surface area contributed by atoms with Gasteiger partial charge in [0.25, 0.3) is 0 Å². The predicted octanol–water partition coefficient (Wildman–Crippen LogP) is 5.03. The molecule has 0 saturated carbocycles. The normalized spacial score (nSPS) is 11.1. The Labute approximate surface area is 157 Å². The van der Waals surface area contributed by atoms with Gasteiger partial charge in [0.15, 0.2) is 11.5 Å². The van der Waals surface area contributed by atoms with Crippen molar-refractivity contribution in [2.75, 3.05) is 20.3 Å². The van der Waals surface area contributed by atoms with E-state index in [2.05, 4.69) is 48.8 Å². The van der Waals surface area contributed by atoms with E-state index in [1.54, 1.807) is 12.1 Å². The second-order valence-electron chi connectivity index (χ2n) is 6.62. The molecule has 0 amide bonds. The Bertz CT molecular complexity index is 718. The first-order chi connectivity index (χ1) is 11.8. The lowest BCUT2D eigenvalue weighted by molar-refractivity contribution is 0.112. The van der Waals surface area contributed by atoms with Crippen molar-refractivity contribution in [3.05, 3.63) is 52.0 Å². The van der Waals surface area contributed by atoms with Crippen LogP contribution >= 0.6 is 15.9 Å². The third kappa shape index (κ3) is 5.23. The van der Waals surface area contributed by atoms with Gasteiger partial charge < -0.3 is 14.2 Å². The number of halogens is 1. The Balaban J connectivity index is 1.92. The third-order valence-corrected chi connectivity index (χ3v) is 4.30. The smallest absolute Gasteiger partial charge is 0.175 e. The van der Waals surface area contributed by atoms with Gasteiger partial charge in [-0.2, -0.15) is 0 Å². The number of carbonyl (C=O) groups is 1. The fraction of sp³-hybridized carbons (Fsp3) is 0.350. The first-order valence-corrected chi connectivity index (χ1v) is 8.83. The molecule has 2 rings (SSSR count). The molecule has 0 atom stereocenters. The van der Waals surface area contributed by atoms with Crippen LogP contribution in [-0.4, -0.2) is 26.6 Å². The van der Waals surface area contributed by atoms with Crippen LogP contribution in [0.5, 0.6) is 17.2 Å². The Morgan fingerprint density at radius 1 is 1.04 bits per heavy atom. The summed E-state index contributed by atoms with van der Waals surface area (Å²) < 4.78 is 17.4. The number of aldehydes is 1. The highest BCUT2D eigenvalue weighted by atomic mass is 79.9. The van der Waals surface area contributed by atoms with Gasteiger partial charge in [0.2, 0.25) is 0 Å². The molecule has 4 nitrogen and oxygen atoms in total. The first kappa shape index (κ1) is 19.3. The number of benzene rings is 2. The van der Waals surface area contributed by atoms with Gasteiger partial charge in [-0.3, -0.25) is 4.79 Å². The molecule has 25 heavy (non-hydrogen) atoms. The number of carbonyl (C=O) groups excluding carboxylic acids is 1. The number of hydrogen-bond acceptors (Lipinski definition) is 4.